The molecule has 2 N–H and O–H groups in total. The van der Waals surface area contributed by atoms with Gasteiger partial charge in [-0.1, -0.05) is 11.6 Å². The zero-order valence-corrected chi connectivity index (χ0v) is 16.8. The number of benzene rings is 2. The first-order chi connectivity index (χ1) is 15.0. The molecular weight excluding hydrogens is 459 g/mol. The van der Waals surface area contributed by atoms with Crippen molar-refractivity contribution in [3.05, 3.63) is 63.2 Å². The van der Waals surface area contributed by atoms with Gasteiger partial charge in [-0.05, 0) is 30.3 Å². The molecule has 0 aliphatic carbocycles. The van der Waals surface area contributed by atoms with Crippen molar-refractivity contribution < 1.29 is 37.2 Å². The molecule has 0 aliphatic rings. The Labute approximate surface area is 183 Å². The Morgan fingerprint density at radius 1 is 1.00 bits per heavy atom. The third kappa shape index (κ3) is 7.54. The second-order valence-electron chi connectivity index (χ2n) is 6.25. The fourth-order valence-electron chi connectivity index (χ4n) is 2.31. The number of carbonyl (C=O) groups excluding carboxylic acids is 3. The largest absolute Gasteiger partial charge is 0.456 e. The number of nitrogens with zero attached hydrogens (tertiary/aromatic N) is 1. The van der Waals surface area contributed by atoms with Gasteiger partial charge in [0.15, 0.2) is 6.61 Å². The van der Waals surface area contributed by atoms with E-state index >= 15 is 0 Å². The van der Waals surface area contributed by atoms with Gasteiger partial charge in [0.25, 0.3) is 11.6 Å². The van der Waals surface area contributed by atoms with Crippen molar-refractivity contribution in [2.75, 3.05) is 17.2 Å². The van der Waals surface area contributed by atoms with Crippen LogP contribution in [0.15, 0.2) is 42.5 Å². The molecule has 32 heavy (non-hydrogen) atoms. The average Bonchev–Trinajstić information content (AvgIpc) is 2.72. The van der Waals surface area contributed by atoms with Crippen LogP contribution in [0, 0.1) is 10.1 Å². The fourth-order valence-corrected chi connectivity index (χ4v) is 2.47. The number of amides is 2. The Kier molecular flexibility index (Phi) is 8.13. The van der Waals surface area contributed by atoms with E-state index in [9.17, 15) is 37.7 Å². The highest BCUT2D eigenvalue weighted by Gasteiger charge is 2.31. The van der Waals surface area contributed by atoms with Gasteiger partial charge < -0.3 is 15.4 Å². The predicted molar refractivity (Wildman–Crippen MR) is 107 cm³/mol. The van der Waals surface area contributed by atoms with Crippen LogP contribution in [0.3, 0.4) is 0 Å². The Hall–Kier alpha value is -3.67. The minimum Gasteiger partial charge on any atom is -0.456 e. The number of hydrogen-bond donors (Lipinski definition) is 2. The van der Waals surface area contributed by atoms with Crippen molar-refractivity contribution in [3.63, 3.8) is 0 Å². The van der Waals surface area contributed by atoms with E-state index in [4.69, 9.17) is 11.6 Å². The number of nitrogens with one attached hydrogen (secondary N) is 2. The quantitative estimate of drug-likeness (QED) is 0.336. The number of rotatable bonds is 8. The lowest BCUT2D eigenvalue weighted by Crippen LogP contribution is -2.22. The number of nitro benzene ring substituents is 1. The molecule has 9 nitrogen and oxygen atoms in total. The molecule has 0 heterocycles. The van der Waals surface area contributed by atoms with Gasteiger partial charge in [0.05, 0.1) is 27.6 Å². The lowest BCUT2D eigenvalue weighted by molar-refractivity contribution is -0.384. The molecule has 0 bridgehead atoms. The minimum absolute atomic E-state index is 0.138. The molecule has 0 saturated carbocycles. The molecule has 0 unspecified atom stereocenters. The molecule has 0 saturated heterocycles. The normalized spacial score (nSPS) is 10.9. The molecule has 2 amide bonds. The van der Waals surface area contributed by atoms with Crippen LogP contribution in [0.5, 0.6) is 0 Å². The molecule has 0 fully saturated rings. The zero-order chi connectivity index (χ0) is 23.9. The summed E-state index contributed by atoms with van der Waals surface area (Å²) in [5.41, 5.74) is -1.19. The average molecular weight is 474 g/mol. The predicted octanol–water partition coefficient (Wildman–Crippen LogP) is 4.17. The van der Waals surface area contributed by atoms with Crippen molar-refractivity contribution in [1.29, 1.82) is 0 Å². The summed E-state index contributed by atoms with van der Waals surface area (Å²) in [6.45, 7) is -0.796. The SMILES string of the molecule is O=C(CCC(=O)OCC(=O)Nc1cc(C(F)(F)F)ccc1Cl)Nc1ccc([N+](=O)[O-])cc1. The van der Waals surface area contributed by atoms with Gasteiger partial charge in [-0.3, -0.25) is 24.5 Å². The number of nitro groups is 1. The first-order valence-electron chi connectivity index (χ1n) is 8.82. The molecule has 0 atom stereocenters. The van der Waals surface area contributed by atoms with Crippen LogP contribution >= 0.6 is 11.6 Å². The first-order valence-corrected chi connectivity index (χ1v) is 9.20. The number of ether oxygens (including phenoxy) is 1. The van der Waals surface area contributed by atoms with Gasteiger partial charge in [-0.2, -0.15) is 13.2 Å². The Balaban J connectivity index is 1.77. The van der Waals surface area contributed by atoms with Gasteiger partial charge in [0.1, 0.15) is 0 Å². The van der Waals surface area contributed by atoms with Crippen LogP contribution in [-0.2, 0) is 25.3 Å². The van der Waals surface area contributed by atoms with E-state index in [1.165, 1.54) is 24.3 Å². The van der Waals surface area contributed by atoms with Gasteiger partial charge in [-0.15, -0.1) is 0 Å². The summed E-state index contributed by atoms with van der Waals surface area (Å²) in [7, 11) is 0. The lowest BCUT2D eigenvalue weighted by atomic mass is 10.2. The topological polar surface area (TPSA) is 128 Å². The van der Waals surface area contributed by atoms with Gasteiger partial charge >= 0.3 is 12.1 Å². The molecule has 2 aromatic carbocycles. The van der Waals surface area contributed by atoms with Gasteiger partial charge in [0, 0.05) is 24.2 Å². The monoisotopic (exact) mass is 473 g/mol. The minimum atomic E-state index is -4.63. The maximum atomic E-state index is 12.7. The van der Waals surface area contributed by atoms with Crippen molar-refractivity contribution >= 4 is 46.4 Å². The van der Waals surface area contributed by atoms with E-state index in [-0.39, 0.29) is 34.9 Å². The smallest absolute Gasteiger partial charge is 0.416 e. The summed E-state index contributed by atoms with van der Waals surface area (Å²) in [6.07, 6.45) is -5.31. The second kappa shape index (κ2) is 10.6. The number of hydrogen-bond acceptors (Lipinski definition) is 6. The van der Waals surface area contributed by atoms with Crippen molar-refractivity contribution in [3.8, 4) is 0 Å². The van der Waals surface area contributed by atoms with Crippen LogP contribution in [-0.4, -0.2) is 29.3 Å². The summed E-state index contributed by atoms with van der Waals surface area (Å²) in [6, 6.07) is 7.38. The highest BCUT2D eigenvalue weighted by Crippen LogP contribution is 2.33. The number of non-ortho nitro benzene ring substituents is 1. The molecule has 0 aromatic heterocycles. The number of alkyl halides is 3. The molecule has 0 spiro atoms. The Morgan fingerprint density at radius 3 is 2.25 bits per heavy atom. The van der Waals surface area contributed by atoms with Crippen molar-refractivity contribution in [2.45, 2.75) is 19.0 Å². The number of anilines is 2. The molecule has 13 heteroatoms. The molecule has 0 aliphatic heterocycles. The Morgan fingerprint density at radius 2 is 1.66 bits per heavy atom. The highest BCUT2D eigenvalue weighted by atomic mass is 35.5. The van der Waals surface area contributed by atoms with Crippen molar-refractivity contribution in [2.24, 2.45) is 0 Å². The highest BCUT2D eigenvalue weighted by molar-refractivity contribution is 6.33. The van der Waals surface area contributed by atoms with Crippen LogP contribution in [0.4, 0.5) is 30.2 Å². The molecule has 2 rings (SSSR count). The summed E-state index contributed by atoms with van der Waals surface area (Å²) >= 11 is 5.76. The maximum Gasteiger partial charge on any atom is 0.416 e. The first kappa shape index (κ1) is 24.6. The fraction of sp³-hybridized carbons (Fsp3) is 0.211. The van der Waals surface area contributed by atoms with E-state index in [1.54, 1.807) is 0 Å². The van der Waals surface area contributed by atoms with E-state index in [0.29, 0.717) is 6.07 Å². The van der Waals surface area contributed by atoms with E-state index < -0.39 is 41.1 Å². The third-order valence-corrected chi connectivity index (χ3v) is 4.18. The molecular formula is C19H15ClF3N3O6. The molecule has 2 aromatic rings. The van der Waals surface area contributed by atoms with E-state index in [0.717, 1.165) is 12.1 Å². The standard InChI is InChI=1S/C19H15ClF3N3O6/c20-14-6-1-11(19(21,22)23)9-15(14)25-17(28)10-32-18(29)8-7-16(27)24-12-2-4-13(5-3-12)26(30)31/h1-6,9H,7-8,10H2,(H,24,27)(H,25,28). The lowest BCUT2D eigenvalue weighted by Gasteiger charge is -2.12. The maximum absolute atomic E-state index is 12.7. The van der Waals surface area contributed by atoms with E-state index in [1.807, 2.05) is 0 Å². The van der Waals surface area contributed by atoms with Crippen LogP contribution in [0.1, 0.15) is 18.4 Å². The number of esters is 1. The van der Waals surface area contributed by atoms with E-state index in [2.05, 4.69) is 15.4 Å². The summed E-state index contributed by atoms with van der Waals surface area (Å²) in [5.74, 6) is -2.39. The summed E-state index contributed by atoms with van der Waals surface area (Å²) < 4.78 is 42.9. The molecule has 0 radical (unpaired) electrons. The van der Waals surface area contributed by atoms with Crippen molar-refractivity contribution in [1.82, 2.24) is 0 Å². The number of carbonyl (C=O) groups is 3. The molecule has 170 valence electrons. The zero-order valence-electron chi connectivity index (χ0n) is 16.1. The summed E-state index contributed by atoms with van der Waals surface area (Å²) in [4.78, 5) is 45.3. The van der Waals surface area contributed by atoms with Gasteiger partial charge in [-0.25, -0.2) is 0 Å². The van der Waals surface area contributed by atoms with Crippen LogP contribution in [0.25, 0.3) is 0 Å². The third-order valence-electron chi connectivity index (χ3n) is 3.85. The Bertz CT molecular complexity index is 1030. The van der Waals surface area contributed by atoms with Crippen LogP contribution < -0.4 is 10.6 Å². The van der Waals surface area contributed by atoms with Crippen LogP contribution in [0.2, 0.25) is 5.02 Å². The van der Waals surface area contributed by atoms with Gasteiger partial charge in [0.2, 0.25) is 5.91 Å². The second-order valence-corrected chi connectivity index (χ2v) is 6.66. The summed E-state index contributed by atoms with van der Waals surface area (Å²) in [5, 5.41) is 15.0. The number of halogens is 4.